The highest BCUT2D eigenvalue weighted by atomic mass is 32.1. The van der Waals surface area contributed by atoms with Gasteiger partial charge in [0.05, 0.1) is 10.6 Å². The van der Waals surface area contributed by atoms with Gasteiger partial charge < -0.3 is 4.90 Å². The molecule has 0 saturated carbocycles. The molecule has 1 aliphatic rings. The van der Waals surface area contributed by atoms with E-state index in [4.69, 9.17) is 0 Å². The van der Waals surface area contributed by atoms with Crippen molar-refractivity contribution in [3.05, 3.63) is 29.3 Å². The van der Waals surface area contributed by atoms with Crippen LogP contribution in [0.3, 0.4) is 0 Å². The Morgan fingerprint density at radius 3 is 3.05 bits per heavy atom. The fourth-order valence-corrected chi connectivity index (χ4v) is 3.54. The molecule has 0 radical (unpaired) electrons. The first-order chi connectivity index (χ1) is 9.65. The van der Waals surface area contributed by atoms with E-state index in [0.717, 1.165) is 30.1 Å². The number of piperidine rings is 1. The van der Waals surface area contributed by atoms with Crippen LogP contribution in [0.25, 0.3) is 10.6 Å². The highest BCUT2D eigenvalue weighted by Crippen LogP contribution is 2.26. The maximum atomic E-state index is 12.5. The molecule has 0 aliphatic carbocycles. The molecule has 0 aromatic carbocycles. The lowest BCUT2D eigenvalue weighted by Crippen LogP contribution is -2.39. The first kappa shape index (κ1) is 13.4. The smallest absolute Gasteiger partial charge is 0.274 e. The number of hydrogen-bond donors (Lipinski definition) is 0. The predicted octanol–water partition coefficient (Wildman–Crippen LogP) is 3.02. The molecular weight excluding hydrogens is 270 g/mol. The van der Waals surface area contributed by atoms with Gasteiger partial charge in [0, 0.05) is 20.1 Å². The molecule has 1 atom stereocenters. The van der Waals surface area contributed by atoms with E-state index in [1.165, 1.54) is 6.42 Å². The van der Waals surface area contributed by atoms with Gasteiger partial charge >= 0.3 is 0 Å². The lowest BCUT2D eigenvalue weighted by molar-refractivity contribution is 0.0676. The molecule has 1 saturated heterocycles. The molecule has 0 spiro atoms. The van der Waals surface area contributed by atoms with E-state index in [1.807, 2.05) is 29.5 Å². The Labute approximate surface area is 123 Å². The fourth-order valence-electron chi connectivity index (χ4n) is 2.76. The molecule has 0 N–H and O–H groups in total. The Balaban J connectivity index is 1.84. The summed E-state index contributed by atoms with van der Waals surface area (Å²) in [5, 5.41) is 6.44. The molecule has 3 rings (SSSR count). The first-order valence-electron chi connectivity index (χ1n) is 7.02. The lowest BCUT2D eigenvalue weighted by atomic mass is 10.00. The third kappa shape index (κ3) is 2.50. The third-order valence-corrected chi connectivity index (χ3v) is 4.71. The third-order valence-electron chi connectivity index (χ3n) is 3.82. The number of rotatable bonds is 2. The molecule has 5 heteroatoms. The molecule has 1 aliphatic heterocycles. The Morgan fingerprint density at radius 1 is 1.50 bits per heavy atom. The normalized spacial score (nSPS) is 19.3. The van der Waals surface area contributed by atoms with Gasteiger partial charge in [-0.1, -0.05) is 13.0 Å². The summed E-state index contributed by atoms with van der Waals surface area (Å²) in [5.74, 6) is 0.656. The van der Waals surface area contributed by atoms with Gasteiger partial charge in [0.1, 0.15) is 0 Å². The van der Waals surface area contributed by atoms with Crippen LogP contribution in [0.5, 0.6) is 0 Å². The van der Waals surface area contributed by atoms with Gasteiger partial charge in [-0.05, 0) is 36.3 Å². The van der Waals surface area contributed by atoms with E-state index < -0.39 is 0 Å². The van der Waals surface area contributed by atoms with Crippen molar-refractivity contribution in [2.45, 2.75) is 19.8 Å². The minimum absolute atomic E-state index is 0.0648. The van der Waals surface area contributed by atoms with Crippen molar-refractivity contribution in [2.75, 3.05) is 13.1 Å². The zero-order chi connectivity index (χ0) is 14.1. The quantitative estimate of drug-likeness (QED) is 0.852. The van der Waals surface area contributed by atoms with Gasteiger partial charge in [0.2, 0.25) is 0 Å². The van der Waals surface area contributed by atoms with E-state index >= 15 is 0 Å². The summed E-state index contributed by atoms with van der Waals surface area (Å²) < 4.78 is 1.80. The maximum absolute atomic E-state index is 12.5. The molecule has 1 amide bonds. The molecule has 1 unspecified atom stereocenters. The Morgan fingerprint density at radius 2 is 2.35 bits per heavy atom. The number of aryl methyl sites for hydroxylation is 1. The van der Waals surface area contributed by atoms with Crippen molar-refractivity contribution in [1.29, 1.82) is 0 Å². The summed E-state index contributed by atoms with van der Waals surface area (Å²) in [6, 6.07) is 5.98. The summed E-state index contributed by atoms with van der Waals surface area (Å²) in [4.78, 5) is 15.6. The van der Waals surface area contributed by atoms with Crippen molar-refractivity contribution in [2.24, 2.45) is 13.0 Å². The molecule has 2 aromatic heterocycles. The number of thiophene rings is 1. The minimum Gasteiger partial charge on any atom is -0.337 e. The van der Waals surface area contributed by atoms with Gasteiger partial charge in [0.25, 0.3) is 5.91 Å². The number of carbonyl (C=O) groups is 1. The van der Waals surface area contributed by atoms with E-state index in [0.29, 0.717) is 11.6 Å². The molecule has 4 nitrogen and oxygen atoms in total. The van der Waals surface area contributed by atoms with Gasteiger partial charge in [0.15, 0.2) is 5.69 Å². The van der Waals surface area contributed by atoms with Crippen LogP contribution in [-0.4, -0.2) is 33.7 Å². The highest BCUT2D eigenvalue weighted by Gasteiger charge is 2.24. The molecule has 2 aromatic rings. The summed E-state index contributed by atoms with van der Waals surface area (Å²) in [7, 11) is 1.89. The van der Waals surface area contributed by atoms with Crippen molar-refractivity contribution < 1.29 is 4.79 Å². The zero-order valence-electron chi connectivity index (χ0n) is 11.9. The molecule has 0 bridgehead atoms. The van der Waals surface area contributed by atoms with Crippen molar-refractivity contribution in [1.82, 2.24) is 14.7 Å². The van der Waals surface area contributed by atoms with Crippen LogP contribution in [0.4, 0.5) is 0 Å². The lowest BCUT2D eigenvalue weighted by Gasteiger charge is -2.30. The first-order valence-corrected chi connectivity index (χ1v) is 7.90. The minimum atomic E-state index is 0.0648. The molecule has 3 heterocycles. The number of amides is 1. The maximum Gasteiger partial charge on any atom is 0.274 e. The second-order valence-electron chi connectivity index (χ2n) is 5.51. The van der Waals surface area contributed by atoms with Crippen LogP contribution in [0.15, 0.2) is 23.6 Å². The van der Waals surface area contributed by atoms with Crippen LogP contribution < -0.4 is 0 Å². The Kier molecular flexibility index (Phi) is 3.61. The van der Waals surface area contributed by atoms with Crippen molar-refractivity contribution in [3.63, 3.8) is 0 Å². The number of nitrogens with zero attached hydrogens (tertiary/aromatic N) is 3. The van der Waals surface area contributed by atoms with Crippen LogP contribution in [0.2, 0.25) is 0 Å². The summed E-state index contributed by atoms with van der Waals surface area (Å²) >= 11 is 1.67. The topological polar surface area (TPSA) is 38.1 Å². The second-order valence-corrected chi connectivity index (χ2v) is 6.46. The summed E-state index contributed by atoms with van der Waals surface area (Å²) in [5.41, 5.74) is 1.57. The van der Waals surface area contributed by atoms with Crippen LogP contribution in [0.1, 0.15) is 30.3 Å². The summed E-state index contributed by atoms with van der Waals surface area (Å²) in [6.07, 6.45) is 2.31. The summed E-state index contributed by atoms with van der Waals surface area (Å²) in [6.45, 7) is 3.91. The number of likely N-dealkylation sites (tertiary alicyclic amines) is 1. The average Bonchev–Trinajstić information content (AvgIpc) is 3.06. The fraction of sp³-hybridized carbons (Fsp3) is 0.467. The molecule has 20 heavy (non-hydrogen) atoms. The van der Waals surface area contributed by atoms with Gasteiger partial charge in [-0.25, -0.2) is 0 Å². The molecule has 1 fully saturated rings. The van der Waals surface area contributed by atoms with E-state index in [1.54, 1.807) is 16.0 Å². The highest BCUT2D eigenvalue weighted by molar-refractivity contribution is 7.13. The van der Waals surface area contributed by atoms with Crippen molar-refractivity contribution in [3.8, 4) is 10.6 Å². The molecular formula is C15H19N3OS. The van der Waals surface area contributed by atoms with Crippen molar-refractivity contribution >= 4 is 17.2 Å². The van der Waals surface area contributed by atoms with Gasteiger partial charge in [-0.3, -0.25) is 9.48 Å². The van der Waals surface area contributed by atoms with Crippen LogP contribution in [0, 0.1) is 5.92 Å². The van der Waals surface area contributed by atoms with E-state index in [2.05, 4.69) is 18.1 Å². The molecule has 106 valence electrons. The predicted molar refractivity (Wildman–Crippen MR) is 80.8 cm³/mol. The standard InChI is InChI=1S/C15H19N3OS/c1-11-5-3-7-18(10-11)15(19)12-9-13(17(2)16-12)14-6-4-8-20-14/h4,6,8-9,11H,3,5,7,10H2,1-2H3. The van der Waals surface area contributed by atoms with E-state index in [-0.39, 0.29) is 5.91 Å². The number of aromatic nitrogens is 2. The zero-order valence-corrected chi connectivity index (χ0v) is 12.7. The van der Waals surface area contributed by atoms with Gasteiger partial charge in [-0.2, -0.15) is 5.10 Å². The Bertz CT molecular complexity index is 603. The van der Waals surface area contributed by atoms with Crippen LogP contribution in [-0.2, 0) is 7.05 Å². The number of carbonyl (C=O) groups excluding carboxylic acids is 1. The largest absolute Gasteiger partial charge is 0.337 e. The second kappa shape index (κ2) is 5.40. The SMILES string of the molecule is CC1CCCN(C(=O)c2cc(-c3cccs3)n(C)n2)C1. The number of hydrogen-bond acceptors (Lipinski definition) is 3. The average molecular weight is 289 g/mol. The van der Waals surface area contributed by atoms with E-state index in [9.17, 15) is 4.79 Å². The monoisotopic (exact) mass is 289 g/mol. The van der Waals surface area contributed by atoms with Gasteiger partial charge in [-0.15, -0.1) is 11.3 Å². The Hall–Kier alpha value is -1.62. The van der Waals surface area contributed by atoms with Crippen LogP contribution >= 0.6 is 11.3 Å².